The number of anilines is 1. The molecule has 2 heterocycles. The fourth-order valence-electron chi connectivity index (χ4n) is 2.49. The average Bonchev–Trinajstić information content (AvgIpc) is 2.62. The molecular weight excluding hydrogens is 338 g/mol. The van der Waals surface area contributed by atoms with Gasteiger partial charge in [-0.1, -0.05) is 6.07 Å². The molecule has 2 aromatic heterocycles. The van der Waals surface area contributed by atoms with Crippen molar-refractivity contribution in [2.75, 3.05) is 11.6 Å². The molecule has 0 fully saturated rings. The van der Waals surface area contributed by atoms with E-state index in [1.165, 1.54) is 0 Å². The van der Waals surface area contributed by atoms with Gasteiger partial charge in [-0.3, -0.25) is 15.2 Å². The monoisotopic (exact) mass is 355 g/mol. The molecule has 7 heteroatoms. The molecule has 0 aliphatic heterocycles. The number of nitrogens with one attached hydrogen (secondary N) is 2. The van der Waals surface area contributed by atoms with Crippen LogP contribution in [0.5, 0.6) is 0 Å². The van der Waals surface area contributed by atoms with E-state index in [0.29, 0.717) is 27.9 Å². The van der Waals surface area contributed by atoms with E-state index in [-0.39, 0.29) is 17.7 Å². The number of rotatable bonds is 4. The second-order valence-corrected chi connectivity index (χ2v) is 6.32. The van der Waals surface area contributed by atoms with Gasteiger partial charge in [-0.2, -0.15) is 0 Å². The van der Waals surface area contributed by atoms with Crippen molar-refractivity contribution in [2.45, 2.75) is 18.4 Å². The van der Waals surface area contributed by atoms with Crippen molar-refractivity contribution in [1.29, 1.82) is 5.41 Å². The molecular formula is C18H17N3O3S. The number of fused-ring (bicyclic) bond motifs is 1. The van der Waals surface area contributed by atoms with E-state index < -0.39 is 5.91 Å². The summed E-state index contributed by atoms with van der Waals surface area (Å²) in [6, 6.07) is 9.01. The first-order valence-electron chi connectivity index (χ1n) is 7.56. The molecule has 0 radical (unpaired) electrons. The molecule has 3 rings (SSSR count). The minimum absolute atomic E-state index is 0.0994. The summed E-state index contributed by atoms with van der Waals surface area (Å²) in [6.45, 7) is 1.52. The number of thioether (sulfide) groups is 1. The van der Waals surface area contributed by atoms with Crippen LogP contribution in [0, 0.1) is 12.3 Å². The number of aryl methyl sites for hydroxylation is 1. The third kappa shape index (κ3) is 3.42. The standard InChI is InChI=1S/C18H17N3O3S/c1-10-16-14(11(9-22)8-20-10)7-15(17(19)24-16)18(23)21-12-4-3-5-13(6-12)25-2/h3-8,19,22H,9H2,1-2H3,(H,21,23). The molecule has 6 nitrogen and oxygen atoms in total. The number of hydrogen-bond donors (Lipinski definition) is 3. The summed E-state index contributed by atoms with van der Waals surface area (Å²) in [7, 11) is 0. The third-order valence-electron chi connectivity index (χ3n) is 3.81. The van der Waals surface area contributed by atoms with Crippen LogP contribution < -0.4 is 10.9 Å². The van der Waals surface area contributed by atoms with Gasteiger partial charge in [0.25, 0.3) is 5.91 Å². The number of carbonyl (C=O) groups excluding carboxylic acids is 1. The van der Waals surface area contributed by atoms with Gasteiger partial charge in [-0.25, -0.2) is 0 Å². The molecule has 25 heavy (non-hydrogen) atoms. The van der Waals surface area contributed by atoms with Gasteiger partial charge in [0.05, 0.1) is 12.3 Å². The highest BCUT2D eigenvalue weighted by Crippen LogP contribution is 2.22. The Hall–Kier alpha value is -2.64. The van der Waals surface area contributed by atoms with Crippen molar-refractivity contribution in [1.82, 2.24) is 4.98 Å². The average molecular weight is 355 g/mol. The first-order chi connectivity index (χ1) is 12.0. The Morgan fingerprint density at radius 2 is 2.20 bits per heavy atom. The maximum absolute atomic E-state index is 12.6. The molecule has 0 unspecified atom stereocenters. The lowest BCUT2D eigenvalue weighted by atomic mass is 10.1. The number of benzene rings is 1. The highest BCUT2D eigenvalue weighted by atomic mass is 32.2. The maximum atomic E-state index is 12.6. The van der Waals surface area contributed by atoms with E-state index >= 15 is 0 Å². The highest BCUT2D eigenvalue weighted by Gasteiger charge is 2.15. The van der Waals surface area contributed by atoms with Crippen LogP contribution in [0.3, 0.4) is 0 Å². The number of aromatic nitrogens is 1. The third-order valence-corrected chi connectivity index (χ3v) is 4.54. The predicted molar refractivity (Wildman–Crippen MR) is 96.7 cm³/mol. The van der Waals surface area contributed by atoms with E-state index in [1.54, 1.807) is 37.0 Å². The van der Waals surface area contributed by atoms with Crippen molar-refractivity contribution in [2.24, 2.45) is 0 Å². The largest absolute Gasteiger partial charge is 0.436 e. The Labute approximate surface area is 148 Å². The normalized spacial score (nSPS) is 10.8. The molecule has 3 aromatic rings. The van der Waals surface area contributed by atoms with Gasteiger partial charge >= 0.3 is 0 Å². The molecule has 0 atom stereocenters. The highest BCUT2D eigenvalue weighted by molar-refractivity contribution is 7.98. The number of pyridine rings is 1. The molecule has 0 saturated heterocycles. The molecule has 1 amide bonds. The number of amides is 1. The summed E-state index contributed by atoms with van der Waals surface area (Å²) in [6.07, 6.45) is 3.50. The Bertz CT molecular complexity index is 1010. The summed E-state index contributed by atoms with van der Waals surface area (Å²) in [4.78, 5) is 17.8. The van der Waals surface area contributed by atoms with Crippen LogP contribution in [0.2, 0.25) is 0 Å². The molecule has 3 N–H and O–H groups in total. The van der Waals surface area contributed by atoms with Crippen molar-refractivity contribution in [3.05, 3.63) is 58.9 Å². The summed E-state index contributed by atoms with van der Waals surface area (Å²) in [5.41, 5.74) is 2.04. The lowest BCUT2D eigenvalue weighted by Gasteiger charge is -2.09. The lowest BCUT2D eigenvalue weighted by Crippen LogP contribution is -2.21. The topological polar surface area (TPSA) is 99.2 Å². The Morgan fingerprint density at radius 1 is 1.40 bits per heavy atom. The van der Waals surface area contributed by atoms with Crippen molar-refractivity contribution >= 4 is 34.3 Å². The van der Waals surface area contributed by atoms with Crippen LogP contribution in [0.4, 0.5) is 5.69 Å². The first kappa shape index (κ1) is 17.2. The zero-order chi connectivity index (χ0) is 18.0. The van der Waals surface area contributed by atoms with Crippen LogP contribution in [-0.4, -0.2) is 22.3 Å². The van der Waals surface area contributed by atoms with E-state index in [0.717, 1.165) is 4.90 Å². The Kier molecular flexibility index (Phi) is 4.87. The van der Waals surface area contributed by atoms with Gasteiger partial charge in [0, 0.05) is 27.7 Å². The van der Waals surface area contributed by atoms with E-state index in [2.05, 4.69) is 10.3 Å². The number of nitrogens with zero attached hydrogens (tertiary/aromatic N) is 1. The minimum atomic E-state index is -0.438. The van der Waals surface area contributed by atoms with Gasteiger partial charge in [-0.15, -0.1) is 11.8 Å². The summed E-state index contributed by atoms with van der Waals surface area (Å²) >= 11 is 1.58. The van der Waals surface area contributed by atoms with Gasteiger partial charge in [0.15, 0.2) is 5.58 Å². The molecule has 1 aromatic carbocycles. The van der Waals surface area contributed by atoms with Crippen molar-refractivity contribution < 1.29 is 14.3 Å². The molecule has 0 spiro atoms. The molecule has 0 aliphatic carbocycles. The Balaban J connectivity index is 2.04. The number of aliphatic hydroxyl groups excluding tert-OH is 1. The van der Waals surface area contributed by atoms with E-state index in [1.807, 2.05) is 24.5 Å². The van der Waals surface area contributed by atoms with E-state index in [9.17, 15) is 9.90 Å². The van der Waals surface area contributed by atoms with Gasteiger partial charge in [0.2, 0.25) is 5.55 Å². The first-order valence-corrected chi connectivity index (χ1v) is 8.79. The van der Waals surface area contributed by atoms with Crippen LogP contribution in [0.25, 0.3) is 11.0 Å². The molecule has 0 saturated carbocycles. The van der Waals surface area contributed by atoms with Crippen molar-refractivity contribution in [3.8, 4) is 0 Å². The second kappa shape index (κ2) is 7.08. The fourth-order valence-corrected chi connectivity index (χ4v) is 2.95. The number of hydrogen-bond acceptors (Lipinski definition) is 6. The summed E-state index contributed by atoms with van der Waals surface area (Å²) < 4.78 is 5.50. The van der Waals surface area contributed by atoms with Crippen LogP contribution in [0.15, 0.2) is 45.8 Å². The van der Waals surface area contributed by atoms with E-state index in [4.69, 9.17) is 9.83 Å². The lowest BCUT2D eigenvalue weighted by molar-refractivity contribution is 0.102. The Morgan fingerprint density at radius 3 is 2.92 bits per heavy atom. The summed E-state index contributed by atoms with van der Waals surface area (Å²) in [5, 5.41) is 20.9. The zero-order valence-electron chi connectivity index (χ0n) is 13.8. The second-order valence-electron chi connectivity index (χ2n) is 5.45. The smallest absolute Gasteiger partial charge is 0.261 e. The molecule has 128 valence electrons. The van der Waals surface area contributed by atoms with Crippen LogP contribution >= 0.6 is 11.8 Å². The zero-order valence-corrected chi connectivity index (χ0v) is 14.6. The quantitative estimate of drug-likeness (QED) is 0.625. The maximum Gasteiger partial charge on any atom is 0.261 e. The van der Waals surface area contributed by atoms with Gasteiger partial charge in [0.1, 0.15) is 5.56 Å². The minimum Gasteiger partial charge on any atom is -0.436 e. The SMILES string of the molecule is CSc1cccc(NC(=O)c2cc3c(CO)cnc(C)c3oc2=N)c1. The van der Waals surface area contributed by atoms with Crippen LogP contribution in [-0.2, 0) is 6.61 Å². The van der Waals surface area contributed by atoms with Gasteiger partial charge < -0.3 is 14.8 Å². The molecule has 0 bridgehead atoms. The van der Waals surface area contributed by atoms with Crippen LogP contribution in [0.1, 0.15) is 21.6 Å². The predicted octanol–water partition coefficient (Wildman–Crippen LogP) is 3.08. The van der Waals surface area contributed by atoms with Gasteiger partial charge in [-0.05, 0) is 37.4 Å². The summed E-state index contributed by atoms with van der Waals surface area (Å²) in [5.74, 6) is -0.438. The fraction of sp³-hybridized carbons (Fsp3) is 0.167. The van der Waals surface area contributed by atoms with Crippen molar-refractivity contribution in [3.63, 3.8) is 0 Å². The number of carbonyl (C=O) groups is 1. The number of aliphatic hydroxyl groups is 1. The molecule has 0 aliphatic rings.